The number of esters is 1. The summed E-state index contributed by atoms with van der Waals surface area (Å²) in [6.45, 7) is 2.54. The molecule has 1 saturated heterocycles. The van der Waals surface area contributed by atoms with E-state index < -0.39 is 0 Å². The lowest BCUT2D eigenvalue weighted by Crippen LogP contribution is -2.36. The minimum Gasteiger partial charge on any atom is -0.469 e. The molecule has 1 N–H and O–H groups in total. The SMILES string of the molecule is COC(=O)CC(CO[C@@H]1CCCNC1)c1ccccc1. The van der Waals surface area contributed by atoms with Gasteiger partial charge in [0.15, 0.2) is 0 Å². The molecule has 4 nitrogen and oxygen atoms in total. The maximum absolute atomic E-state index is 11.6. The summed E-state index contributed by atoms with van der Waals surface area (Å²) in [5, 5.41) is 3.33. The molecule has 20 heavy (non-hydrogen) atoms. The van der Waals surface area contributed by atoms with Gasteiger partial charge in [-0.3, -0.25) is 4.79 Å². The highest BCUT2D eigenvalue weighted by atomic mass is 16.5. The Balaban J connectivity index is 1.93. The molecule has 4 heteroatoms. The number of ether oxygens (including phenoxy) is 2. The summed E-state index contributed by atoms with van der Waals surface area (Å²) in [5.74, 6) is -0.130. The summed E-state index contributed by atoms with van der Waals surface area (Å²) in [5.41, 5.74) is 1.13. The molecule has 0 aromatic heterocycles. The zero-order valence-electron chi connectivity index (χ0n) is 12.0. The second-order valence-electron chi connectivity index (χ2n) is 5.19. The van der Waals surface area contributed by atoms with E-state index in [9.17, 15) is 4.79 Å². The minimum absolute atomic E-state index is 0.0607. The van der Waals surface area contributed by atoms with E-state index in [2.05, 4.69) is 5.32 Å². The molecule has 2 atom stereocenters. The van der Waals surface area contributed by atoms with Crippen molar-refractivity contribution in [2.75, 3.05) is 26.8 Å². The van der Waals surface area contributed by atoms with Crippen LogP contribution in [0.2, 0.25) is 0 Å². The van der Waals surface area contributed by atoms with Crippen LogP contribution < -0.4 is 5.32 Å². The second kappa shape index (κ2) is 8.02. The van der Waals surface area contributed by atoms with Gasteiger partial charge in [-0.25, -0.2) is 0 Å². The molecule has 0 radical (unpaired) electrons. The molecule has 0 spiro atoms. The first-order chi connectivity index (χ1) is 9.79. The van der Waals surface area contributed by atoms with Gasteiger partial charge in [0.25, 0.3) is 0 Å². The zero-order chi connectivity index (χ0) is 14.2. The molecule has 0 amide bonds. The molecule has 1 fully saturated rings. The summed E-state index contributed by atoms with van der Waals surface area (Å²) in [6, 6.07) is 10.0. The van der Waals surface area contributed by atoms with Crippen molar-refractivity contribution in [1.29, 1.82) is 0 Å². The summed E-state index contributed by atoms with van der Waals surface area (Å²) < 4.78 is 10.8. The number of nitrogens with one attached hydrogen (secondary N) is 1. The van der Waals surface area contributed by atoms with Crippen LogP contribution in [0.4, 0.5) is 0 Å². The standard InChI is InChI=1S/C16H23NO3/c1-19-16(18)10-14(13-6-3-2-4-7-13)12-20-15-8-5-9-17-11-15/h2-4,6-7,14-15,17H,5,8-12H2,1H3/t14?,15-/m1/s1. The highest BCUT2D eigenvalue weighted by molar-refractivity contribution is 5.70. The number of carbonyl (C=O) groups excluding carboxylic acids is 1. The summed E-state index contributed by atoms with van der Waals surface area (Å²) >= 11 is 0. The second-order valence-corrected chi connectivity index (χ2v) is 5.19. The summed E-state index contributed by atoms with van der Waals surface area (Å²) in [6.07, 6.45) is 2.86. The molecular formula is C16H23NO3. The van der Waals surface area contributed by atoms with Crippen molar-refractivity contribution < 1.29 is 14.3 Å². The van der Waals surface area contributed by atoms with Crippen LogP contribution >= 0.6 is 0 Å². The van der Waals surface area contributed by atoms with Crippen molar-refractivity contribution in [2.45, 2.75) is 31.3 Å². The minimum atomic E-state index is -0.191. The largest absolute Gasteiger partial charge is 0.469 e. The highest BCUT2D eigenvalue weighted by Gasteiger charge is 2.20. The molecule has 110 valence electrons. The Bertz CT molecular complexity index is 401. The Kier molecular flexibility index (Phi) is 6.02. The molecule has 1 heterocycles. The molecule has 0 saturated carbocycles. The number of rotatable bonds is 6. The third kappa shape index (κ3) is 4.62. The fourth-order valence-electron chi connectivity index (χ4n) is 2.50. The maximum Gasteiger partial charge on any atom is 0.306 e. The first-order valence-corrected chi connectivity index (χ1v) is 7.23. The molecule has 1 aliphatic heterocycles. The van der Waals surface area contributed by atoms with Gasteiger partial charge in [-0.2, -0.15) is 0 Å². The lowest BCUT2D eigenvalue weighted by molar-refractivity contribution is -0.141. The van der Waals surface area contributed by atoms with Crippen molar-refractivity contribution in [3.05, 3.63) is 35.9 Å². The average Bonchev–Trinajstić information content (AvgIpc) is 2.53. The zero-order valence-corrected chi connectivity index (χ0v) is 12.0. The Hall–Kier alpha value is -1.39. The fourth-order valence-corrected chi connectivity index (χ4v) is 2.50. The first-order valence-electron chi connectivity index (χ1n) is 7.23. The lowest BCUT2D eigenvalue weighted by atomic mass is 9.96. The Morgan fingerprint density at radius 1 is 1.40 bits per heavy atom. The fraction of sp³-hybridized carbons (Fsp3) is 0.562. The molecule has 1 unspecified atom stereocenters. The number of hydrogen-bond donors (Lipinski definition) is 1. The van der Waals surface area contributed by atoms with Gasteiger partial charge in [-0.1, -0.05) is 30.3 Å². The van der Waals surface area contributed by atoms with Gasteiger partial charge in [0, 0.05) is 12.5 Å². The molecule has 0 aliphatic carbocycles. The molecule has 0 bridgehead atoms. The van der Waals surface area contributed by atoms with Crippen LogP contribution in [-0.2, 0) is 14.3 Å². The predicted octanol–water partition coefficient (Wildman–Crippen LogP) is 2.10. The van der Waals surface area contributed by atoms with Crippen molar-refractivity contribution in [1.82, 2.24) is 5.32 Å². The Labute approximate surface area is 120 Å². The van der Waals surface area contributed by atoms with Gasteiger partial charge in [0.1, 0.15) is 0 Å². The van der Waals surface area contributed by atoms with E-state index in [1.807, 2.05) is 30.3 Å². The maximum atomic E-state index is 11.6. The van der Waals surface area contributed by atoms with E-state index in [4.69, 9.17) is 9.47 Å². The van der Waals surface area contributed by atoms with Crippen LogP contribution in [0, 0.1) is 0 Å². The van der Waals surface area contributed by atoms with Crippen LogP contribution in [0.15, 0.2) is 30.3 Å². The van der Waals surface area contributed by atoms with Gasteiger partial charge in [-0.15, -0.1) is 0 Å². The van der Waals surface area contributed by atoms with Gasteiger partial charge in [0.2, 0.25) is 0 Å². The molecule has 1 aliphatic rings. The monoisotopic (exact) mass is 277 g/mol. The topological polar surface area (TPSA) is 47.6 Å². The lowest BCUT2D eigenvalue weighted by Gasteiger charge is -2.25. The smallest absolute Gasteiger partial charge is 0.306 e. The van der Waals surface area contributed by atoms with Crippen molar-refractivity contribution in [2.24, 2.45) is 0 Å². The molecular weight excluding hydrogens is 254 g/mol. The van der Waals surface area contributed by atoms with Crippen LogP contribution in [-0.4, -0.2) is 38.9 Å². The van der Waals surface area contributed by atoms with Gasteiger partial charge in [-0.05, 0) is 24.9 Å². The quantitative estimate of drug-likeness (QED) is 0.809. The third-order valence-corrected chi connectivity index (χ3v) is 3.70. The van der Waals surface area contributed by atoms with Gasteiger partial charge >= 0.3 is 5.97 Å². The normalized spacial score (nSPS) is 20.4. The van der Waals surface area contributed by atoms with Crippen LogP contribution in [0.3, 0.4) is 0 Å². The van der Waals surface area contributed by atoms with Crippen molar-refractivity contribution in [3.8, 4) is 0 Å². The number of benzene rings is 1. The van der Waals surface area contributed by atoms with Crippen LogP contribution in [0.25, 0.3) is 0 Å². The first kappa shape index (κ1) is 15.0. The Morgan fingerprint density at radius 2 is 2.20 bits per heavy atom. The van der Waals surface area contributed by atoms with E-state index in [1.54, 1.807) is 0 Å². The van der Waals surface area contributed by atoms with Gasteiger partial charge in [0.05, 0.1) is 26.2 Å². The molecule has 2 rings (SSSR count). The number of methoxy groups -OCH3 is 1. The average molecular weight is 277 g/mol. The Morgan fingerprint density at radius 3 is 2.85 bits per heavy atom. The van der Waals surface area contributed by atoms with Crippen LogP contribution in [0.1, 0.15) is 30.7 Å². The molecule has 1 aromatic carbocycles. The number of hydrogen-bond acceptors (Lipinski definition) is 4. The van der Waals surface area contributed by atoms with Crippen molar-refractivity contribution >= 4 is 5.97 Å². The van der Waals surface area contributed by atoms with E-state index in [1.165, 1.54) is 7.11 Å². The van der Waals surface area contributed by atoms with E-state index in [-0.39, 0.29) is 18.0 Å². The van der Waals surface area contributed by atoms with E-state index in [0.717, 1.165) is 31.5 Å². The predicted molar refractivity (Wildman–Crippen MR) is 77.7 cm³/mol. The molecule has 1 aromatic rings. The third-order valence-electron chi connectivity index (χ3n) is 3.70. The van der Waals surface area contributed by atoms with E-state index >= 15 is 0 Å². The van der Waals surface area contributed by atoms with Gasteiger partial charge < -0.3 is 14.8 Å². The summed E-state index contributed by atoms with van der Waals surface area (Å²) in [7, 11) is 1.43. The highest BCUT2D eigenvalue weighted by Crippen LogP contribution is 2.22. The van der Waals surface area contributed by atoms with Crippen LogP contribution in [0.5, 0.6) is 0 Å². The number of carbonyl (C=O) groups is 1. The van der Waals surface area contributed by atoms with Crippen molar-refractivity contribution in [3.63, 3.8) is 0 Å². The summed E-state index contributed by atoms with van der Waals surface area (Å²) in [4.78, 5) is 11.6. The van der Waals surface area contributed by atoms with E-state index in [0.29, 0.717) is 13.0 Å². The number of piperidine rings is 1.